The molecule has 5 nitrogen and oxygen atoms in total. The Morgan fingerprint density at radius 3 is 2.88 bits per heavy atom. The Kier molecular flexibility index (Phi) is 5.18. The second-order valence-electron chi connectivity index (χ2n) is 4.17. The van der Waals surface area contributed by atoms with Gasteiger partial charge in [0.1, 0.15) is 12.0 Å². The summed E-state index contributed by atoms with van der Waals surface area (Å²) in [5.74, 6) is 0.479. The van der Waals surface area contributed by atoms with Gasteiger partial charge in [0, 0.05) is 6.54 Å². The smallest absolute Gasteiger partial charge is 0.254 e. The molecular formula is C12H20N2O3. The fraction of sp³-hybridized carbons (Fsp3) is 0.583. The first-order chi connectivity index (χ1) is 8.08. The monoisotopic (exact) mass is 240 g/mol. The van der Waals surface area contributed by atoms with Gasteiger partial charge in [-0.3, -0.25) is 4.79 Å². The molecule has 0 spiro atoms. The second kappa shape index (κ2) is 6.42. The number of furan rings is 1. The van der Waals surface area contributed by atoms with Gasteiger partial charge in [0.25, 0.3) is 5.91 Å². The maximum Gasteiger partial charge on any atom is 0.254 e. The molecule has 1 amide bonds. The van der Waals surface area contributed by atoms with Crippen LogP contribution in [0.2, 0.25) is 0 Å². The van der Waals surface area contributed by atoms with Crippen molar-refractivity contribution in [2.45, 2.75) is 32.9 Å². The van der Waals surface area contributed by atoms with Crippen LogP contribution in [0.5, 0.6) is 0 Å². The number of carbonyl (C=O) groups is 1. The highest BCUT2D eigenvalue weighted by molar-refractivity contribution is 5.93. The van der Waals surface area contributed by atoms with E-state index in [4.69, 9.17) is 10.2 Å². The summed E-state index contributed by atoms with van der Waals surface area (Å²) in [6.07, 6.45) is 1.72. The molecule has 5 heteroatoms. The van der Waals surface area contributed by atoms with Crippen molar-refractivity contribution in [3.8, 4) is 0 Å². The van der Waals surface area contributed by atoms with Crippen molar-refractivity contribution in [1.82, 2.24) is 5.32 Å². The molecule has 2 atom stereocenters. The first-order valence-corrected chi connectivity index (χ1v) is 5.82. The molecule has 0 aliphatic carbocycles. The molecule has 0 saturated carbocycles. The van der Waals surface area contributed by atoms with Crippen molar-refractivity contribution in [3.05, 3.63) is 23.7 Å². The number of aliphatic hydroxyl groups is 1. The molecule has 0 aliphatic heterocycles. The summed E-state index contributed by atoms with van der Waals surface area (Å²) in [6.45, 7) is 4.46. The van der Waals surface area contributed by atoms with Crippen LogP contribution in [0.15, 0.2) is 16.7 Å². The van der Waals surface area contributed by atoms with Crippen LogP contribution in [-0.2, 0) is 6.54 Å². The molecular weight excluding hydrogens is 220 g/mol. The molecule has 0 aliphatic rings. The van der Waals surface area contributed by atoms with Gasteiger partial charge < -0.3 is 20.6 Å². The average molecular weight is 240 g/mol. The third-order valence-corrected chi connectivity index (χ3v) is 2.89. The first kappa shape index (κ1) is 13.7. The van der Waals surface area contributed by atoms with Gasteiger partial charge in [0.15, 0.2) is 0 Å². The number of hydrogen-bond acceptors (Lipinski definition) is 4. The Bertz CT molecular complexity index is 362. The molecule has 1 aromatic rings. The van der Waals surface area contributed by atoms with E-state index in [-0.39, 0.29) is 24.9 Å². The van der Waals surface area contributed by atoms with Gasteiger partial charge in [0.05, 0.1) is 18.2 Å². The van der Waals surface area contributed by atoms with Crippen LogP contribution < -0.4 is 11.1 Å². The van der Waals surface area contributed by atoms with Crippen molar-refractivity contribution >= 4 is 5.91 Å². The standard InChI is InChI=1S/C12H20N2O3/c1-3-8(2)11(15)6-14-12(16)9-4-10(5-13)17-7-9/h4,7-8,11,15H,3,5-6,13H2,1-2H3,(H,14,16). The molecule has 0 saturated heterocycles. The van der Waals surface area contributed by atoms with Gasteiger partial charge in [-0.05, 0) is 12.0 Å². The van der Waals surface area contributed by atoms with Crippen LogP contribution in [0.25, 0.3) is 0 Å². The number of nitrogens with one attached hydrogen (secondary N) is 1. The Labute approximate surface area is 101 Å². The largest absolute Gasteiger partial charge is 0.467 e. The molecule has 1 rings (SSSR count). The fourth-order valence-electron chi connectivity index (χ4n) is 1.38. The highest BCUT2D eigenvalue weighted by Crippen LogP contribution is 2.08. The van der Waals surface area contributed by atoms with E-state index in [0.29, 0.717) is 11.3 Å². The molecule has 0 bridgehead atoms. The fourth-order valence-corrected chi connectivity index (χ4v) is 1.38. The van der Waals surface area contributed by atoms with Gasteiger partial charge in [-0.2, -0.15) is 0 Å². The summed E-state index contributed by atoms with van der Waals surface area (Å²) < 4.78 is 5.06. The minimum absolute atomic E-state index is 0.166. The Morgan fingerprint density at radius 2 is 2.35 bits per heavy atom. The van der Waals surface area contributed by atoms with Crippen molar-refractivity contribution < 1.29 is 14.3 Å². The van der Waals surface area contributed by atoms with E-state index >= 15 is 0 Å². The zero-order valence-electron chi connectivity index (χ0n) is 10.3. The van der Waals surface area contributed by atoms with Crippen LogP contribution in [0.1, 0.15) is 36.4 Å². The lowest BCUT2D eigenvalue weighted by molar-refractivity contribution is 0.0849. The van der Waals surface area contributed by atoms with E-state index in [9.17, 15) is 9.90 Å². The molecule has 2 unspecified atom stereocenters. The molecule has 0 radical (unpaired) electrons. The Morgan fingerprint density at radius 1 is 1.65 bits per heavy atom. The number of amides is 1. The average Bonchev–Trinajstić information content (AvgIpc) is 2.83. The highest BCUT2D eigenvalue weighted by atomic mass is 16.3. The van der Waals surface area contributed by atoms with Crippen LogP contribution >= 0.6 is 0 Å². The summed E-state index contributed by atoms with van der Waals surface area (Å²) in [7, 11) is 0. The summed E-state index contributed by atoms with van der Waals surface area (Å²) >= 11 is 0. The number of aliphatic hydroxyl groups excluding tert-OH is 1. The van der Waals surface area contributed by atoms with Crippen LogP contribution in [0, 0.1) is 5.92 Å². The summed E-state index contributed by atoms with van der Waals surface area (Å²) in [4.78, 5) is 11.7. The van der Waals surface area contributed by atoms with Gasteiger partial charge in [-0.25, -0.2) is 0 Å². The summed E-state index contributed by atoms with van der Waals surface area (Å²) in [5.41, 5.74) is 5.81. The molecule has 17 heavy (non-hydrogen) atoms. The van der Waals surface area contributed by atoms with Crippen molar-refractivity contribution in [2.24, 2.45) is 11.7 Å². The van der Waals surface area contributed by atoms with Gasteiger partial charge in [-0.15, -0.1) is 0 Å². The van der Waals surface area contributed by atoms with E-state index < -0.39 is 6.10 Å². The molecule has 1 aromatic heterocycles. The quantitative estimate of drug-likeness (QED) is 0.688. The van der Waals surface area contributed by atoms with E-state index in [2.05, 4.69) is 5.32 Å². The Balaban J connectivity index is 2.44. The molecule has 4 N–H and O–H groups in total. The van der Waals surface area contributed by atoms with Gasteiger partial charge >= 0.3 is 0 Å². The lowest BCUT2D eigenvalue weighted by Gasteiger charge is -2.17. The number of carbonyl (C=O) groups excluding carboxylic acids is 1. The normalized spacial score (nSPS) is 14.4. The van der Waals surface area contributed by atoms with Crippen LogP contribution in [0.4, 0.5) is 0 Å². The summed E-state index contributed by atoms with van der Waals surface area (Å²) in [5, 5.41) is 12.4. The van der Waals surface area contributed by atoms with Crippen molar-refractivity contribution in [3.63, 3.8) is 0 Å². The van der Waals surface area contributed by atoms with Crippen LogP contribution in [-0.4, -0.2) is 23.7 Å². The molecule has 96 valence electrons. The zero-order chi connectivity index (χ0) is 12.8. The van der Waals surface area contributed by atoms with Crippen LogP contribution in [0.3, 0.4) is 0 Å². The molecule has 0 fully saturated rings. The predicted molar refractivity (Wildman–Crippen MR) is 64.4 cm³/mol. The van der Waals surface area contributed by atoms with E-state index in [1.165, 1.54) is 6.26 Å². The maximum absolute atomic E-state index is 11.7. The molecule has 1 heterocycles. The minimum Gasteiger partial charge on any atom is -0.467 e. The van der Waals surface area contributed by atoms with E-state index in [0.717, 1.165) is 6.42 Å². The third kappa shape index (κ3) is 3.87. The predicted octanol–water partition coefficient (Wildman–Crippen LogP) is 0.875. The van der Waals surface area contributed by atoms with Crippen molar-refractivity contribution in [1.29, 1.82) is 0 Å². The second-order valence-corrected chi connectivity index (χ2v) is 4.17. The molecule has 0 aromatic carbocycles. The maximum atomic E-state index is 11.7. The zero-order valence-corrected chi connectivity index (χ0v) is 10.3. The lowest BCUT2D eigenvalue weighted by atomic mass is 10.0. The number of nitrogens with two attached hydrogens (primary N) is 1. The van der Waals surface area contributed by atoms with Gasteiger partial charge in [-0.1, -0.05) is 20.3 Å². The third-order valence-electron chi connectivity index (χ3n) is 2.89. The summed E-state index contributed by atoms with van der Waals surface area (Å²) in [6, 6.07) is 1.60. The minimum atomic E-state index is -0.523. The van der Waals surface area contributed by atoms with E-state index in [1.54, 1.807) is 6.07 Å². The van der Waals surface area contributed by atoms with Gasteiger partial charge in [0.2, 0.25) is 0 Å². The Hall–Kier alpha value is -1.33. The van der Waals surface area contributed by atoms with Crippen molar-refractivity contribution in [2.75, 3.05) is 6.54 Å². The topological polar surface area (TPSA) is 88.5 Å². The van der Waals surface area contributed by atoms with E-state index in [1.807, 2.05) is 13.8 Å². The lowest BCUT2D eigenvalue weighted by Crippen LogP contribution is -2.35. The SMILES string of the molecule is CCC(C)C(O)CNC(=O)c1coc(CN)c1. The number of hydrogen-bond donors (Lipinski definition) is 3. The number of rotatable bonds is 6. The highest BCUT2D eigenvalue weighted by Gasteiger charge is 2.15. The first-order valence-electron chi connectivity index (χ1n) is 5.82.